The maximum absolute atomic E-state index is 12.2. The van der Waals surface area contributed by atoms with Crippen LogP contribution in [0.2, 0.25) is 0 Å². The van der Waals surface area contributed by atoms with Crippen LogP contribution in [0.5, 0.6) is 0 Å². The van der Waals surface area contributed by atoms with E-state index in [-0.39, 0.29) is 17.4 Å². The average molecular weight is 375 g/mol. The monoisotopic (exact) mass is 374 g/mol. The number of H-pyrrole nitrogens is 1. The Bertz CT molecular complexity index is 677. The zero-order chi connectivity index (χ0) is 17.2. The Kier molecular flexibility index (Phi) is 5.27. The summed E-state index contributed by atoms with van der Waals surface area (Å²) >= 11 is 6.03. The van der Waals surface area contributed by atoms with E-state index in [1.807, 2.05) is 24.4 Å². The molecule has 132 valence electrons. The number of aromatic nitrogens is 1. The highest BCUT2D eigenvalue weighted by atomic mass is 35.5. The molecule has 0 spiro atoms. The Hall–Kier alpha value is -1.38. The second-order valence-electron chi connectivity index (χ2n) is 6.43. The highest BCUT2D eigenvalue weighted by Crippen LogP contribution is 2.17. The molecule has 1 aromatic heterocycles. The molecule has 2 fully saturated rings. The summed E-state index contributed by atoms with van der Waals surface area (Å²) in [4.78, 5) is 18.9. The number of hydrogen-bond donors (Lipinski definition) is 2. The molecule has 0 unspecified atom stereocenters. The number of hydrogen-bond acceptors (Lipinski definition) is 4. The molecular formula is C15H23ClN4O3S+2. The summed E-state index contributed by atoms with van der Waals surface area (Å²) in [5.41, 5.74) is 0. The summed E-state index contributed by atoms with van der Waals surface area (Å²) in [6, 6.07) is 5.52. The lowest BCUT2D eigenvalue weighted by Crippen LogP contribution is -3.16. The summed E-state index contributed by atoms with van der Waals surface area (Å²) in [5.74, 6) is 0.845. The van der Waals surface area contributed by atoms with Gasteiger partial charge in [-0.2, -0.15) is 0 Å². The molecular weight excluding hydrogens is 352 g/mol. The molecule has 1 aromatic rings. The quantitative estimate of drug-likeness (QED) is 0.582. The first kappa shape index (κ1) is 17.4. The van der Waals surface area contributed by atoms with Crippen LogP contribution in [0.4, 0.5) is 5.82 Å². The van der Waals surface area contributed by atoms with Crippen molar-refractivity contribution in [2.45, 2.75) is 11.4 Å². The Labute approximate surface area is 146 Å². The third kappa shape index (κ3) is 4.37. The highest BCUT2D eigenvalue weighted by Gasteiger charge is 2.38. The van der Waals surface area contributed by atoms with E-state index in [1.165, 1.54) is 4.90 Å². The Balaban J connectivity index is 1.45. The summed E-state index contributed by atoms with van der Waals surface area (Å²) in [7, 11) is -3.12. The summed E-state index contributed by atoms with van der Waals surface area (Å²) in [6.07, 6.45) is 1.90. The second-order valence-corrected chi connectivity index (χ2v) is 9.14. The first-order valence-electron chi connectivity index (χ1n) is 8.12. The van der Waals surface area contributed by atoms with Gasteiger partial charge in [-0.25, -0.2) is 13.4 Å². The van der Waals surface area contributed by atoms with Crippen LogP contribution in [0.1, 0.15) is 0 Å². The molecule has 2 saturated heterocycles. The van der Waals surface area contributed by atoms with E-state index in [1.54, 1.807) is 0 Å². The number of halogens is 1. The minimum absolute atomic E-state index is 0.0557. The van der Waals surface area contributed by atoms with Gasteiger partial charge in [0.15, 0.2) is 16.4 Å². The average Bonchev–Trinajstić information content (AvgIpc) is 2.80. The molecule has 3 rings (SSSR count). The van der Waals surface area contributed by atoms with Gasteiger partial charge >= 0.3 is 0 Å². The number of carbonyl (C=O) groups is 1. The fourth-order valence-corrected chi connectivity index (χ4v) is 5.79. The number of pyridine rings is 1. The minimum atomic E-state index is -3.12. The van der Waals surface area contributed by atoms with Gasteiger partial charge in [-0.15, -0.1) is 11.6 Å². The van der Waals surface area contributed by atoms with Crippen LogP contribution in [-0.4, -0.2) is 70.0 Å². The molecule has 0 radical (unpaired) electrons. The molecule has 0 aromatic carbocycles. The number of sulfone groups is 1. The zero-order valence-electron chi connectivity index (χ0n) is 13.4. The SMILES string of the molecule is O=C(C[NH+]1CCN(c2cccc[nH+]2)CC1)N[C@@H]1CS(=O)(=O)C[C@H]1Cl. The molecule has 1 amide bonds. The lowest BCUT2D eigenvalue weighted by atomic mass is 10.2. The number of nitrogens with zero attached hydrogens (tertiary/aromatic N) is 1. The molecule has 9 heteroatoms. The minimum Gasteiger partial charge on any atom is -0.346 e. The van der Waals surface area contributed by atoms with Gasteiger partial charge in [0.05, 0.1) is 29.1 Å². The van der Waals surface area contributed by atoms with Gasteiger partial charge in [0, 0.05) is 6.07 Å². The van der Waals surface area contributed by atoms with Gasteiger partial charge in [0.25, 0.3) is 11.7 Å². The van der Waals surface area contributed by atoms with E-state index in [9.17, 15) is 13.2 Å². The van der Waals surface area contributed by atoms with Crippen molar-refractivity contribution < 1.29 is 23.1 Å². The van der Waals surface area contributed by atoms with Crippen molar-refractivity contribution in [1.82, 2.24) is 5.32 Å². The predicted octanol–water partition coefficient (Wildman–Crippen LogP) is -2.27. The van der Waals surface area contributed by atoms with E-state index in [0.29, 0.717) is 6.54 Å². The first-order valence-corrected chi connectivity index (χ1v) is 10.4. The third-order valence-electron chi connectivity index (χ3n) is 4.54. The molecule has 24 heavy (non-hydrogen) atoms. The Morgan fingerprint density at radius 3 is 2.67 bits per heavy atom. The number of quaternary nitrogens is 1. The number of nitrogens with one attached hydrogen (secondary N) is 3. The van der Waals surface area contributed by atoms with Gasteiger partial charge < -0.3 is 10.2 Å². The number of alkyl halides is 1. The maximum atomic E-state index is 12.2. The molecule has 2 aliphatic heterocycles. The number of anilines is 1. The van der Waals surface area contributed by atoms with Crippen molar-refractivity contribution in [2.24, 2.45) is 0 Å². The van der Waals surface area contributed by atoms with Crippen molar-refractivity contribution in [2.75, 3.05) is 49.1 Å². The summed E-state index contributed by atoms with van der Waals surface area (Å²) in [5, 5.41) is 2.26. The molecule has 0 aliphatic carbocycles. The Morgan fingerprint density at radius 2 is 2.08 bits per heavy atom. The molecule has 2 atom stereocenters. The normalized spacial score (nSPS) is 27.1. The van der Waals surface area contributed by atoms with E-state index in [2.05, 4.69) is 15.2 Å². The number of amides is 1. The van der Waals surface area contributed by atoms with Crippen molar-refractivity contribution >= 4 is 33.2 Å². The van der Waals surface area contributed by atoms with Crippen LogP contribution in [-0.2, 0) is 14.6 Å². The Morgan fingerprint density at radius 1 is 1.33 bits per heavy atom. The van der Waals surface area contributed by atoms with Crippen LogP contribution >= 0.6 is 11.6 Å². The number of carbonyl (C=O) groups excluding carboxylic acids is 1. The third-order valence-corrected chi connectivity index (χ3v) is 6.92. The second kappa shape index (κ2) is 7.25. The topological polar surface area (TPSA) is 85.1 Å². The smallest absolute Gasteiger partial charge is 0.275 e. The summed E-state index contributed by atoms with van der Waals surface area (Å²) in [6.45, 7) is 3.83. The van der Waals surface area contributed by atoms with Crippen LogP contribution in [0.25, 0.3) is 0 Å². The maximum Gasteiger partial charge on any atom is 0.275 e. The van der Waals surface area contributed by atoms with E-state index < -0.39 is 21.3 Å². The number of aromatic amines is 1. The van der Waals surface area contributed by atoms with Gasteiger partial charge in [-0.05, 0) is 6.07 Å². The van der Waals surface area contributed by atoms with Crippen molar-refractivity contribution in [3.8, 4) is 0 Å². The van der Waals surface area contributed by atoms with E-state index in [4.69, 9.17) is 11.6 Å². The van der Waals surface area contributed by atoms with Gasteiger partial charge in [-0.1, -0.05) is 6.07 Å². The summed E-state index contributed by atoms with van der Waals surface area (Å²) < 4.78 is 23.1. The zero-order valence-corrected chi connectivity index (χ0v) is 14.9. The fraction of sp³-hybridized carbons (Fsp3) is 0.600. The van der Waals surface area contributed by atoms with Crippen LogP contribution in [0.15, 0.2) is 24.4 Å². The van der Waals surface area contributed by atoms with Crippen molar-refractivity contribution in [3.63, 3.8) is 0 Å². The molecule has 3 heterocycles. The van der Waals surface area contributed by atoms with Crippen LogP contribution in [0, 0.1) is 0 Å². The fourth-order valence-electron chi connectivity index (χ4n) is 3.24. The van der Waals surface area contributed by atoms with Crippen LogP contribution < -0.4 is 20.1 Å². The molecule has 7 nitrogen and oxygen atoms in total. The van der Waals surface area contributed by atoms with Gasteiger partial charge in [0.1, 0.15) is 26.2 Å². The molecule has 0 saturated carbocycles. The van der Waals surface area contributed by atoms with Gasteiger partial charge in [0.2, 0.25) is 0 Å². The standard InChI is InChI=1S/C15H21ClN4O3S/c16-12-10-24(22,23)11-13(12)18-15(21)9-19-5-7-20(8-6-19)14-3-1-2-4-17-14/h1-4,12-13H,5-11H2,(H,18,21)/p+2/t12-,13-/m1/s1. The highest BCUT2D eigenvalue weighted by molar-refractivity contribution is 7.91. The number of rotatable bonds is 4. The van der Waals surface area contributed by atoms with Crippen molar-refractivity contribution in [1.29, 1.82) is 0 Å². The lowest BCUT2D eigenvalue weighted by Gasteiger charge is -2.28. The van der Waals surface area contributed by atoms with E-state index in [0.717, 1.165) is 32.0 Å². The number of piperazine rings is 1. The molecule has 3 N–H and O–H groups in total. The first-order chi connectivity index (χ1) is 11.4. The largest absolute Gasteiger partial charge is 0.346 e. The molecule has 2 aliphatic rings. The van der Waals surface area contributed by atoms with Crippen molar-refractivity contribution in [3.05, 3.63) is 24.4 Å². The van der Waals surface area contributed by atoms with Crippen LogP contribution in [0.3, 0.4) is 0 Å². The van der Waals surface area contributed by atoms with E-state index >= 15 is 0 Å². The lowest BCUT2D eigenvalue weighted by molar-refractivity contribution is -0.892. The predicted molar refractivity (Wildman–Crippen MR) is 91.0 cm³/mol. The van der Waals surface area contributed by atoms with Gasteiger partial charge in [-0.3, -0.25) is 9.69 Å². The molecule has 0 bridgehead atoms.